The van der Waals surface area contributed by atoms with E-state index >= 15 is 0 Å². The summed E-state index contributed by atoms with van der Waals surface area (Å²) in [6, 6.07) is 7.50. The summed E-state index contributed by atoms with van der Waals surface area (Å²) in [5.41, 5.74) is 0.860. The van der Waals surface area contributed by atoms with Gasteiger partial charge < -0.3 is 5.11 Å². The summed E-state index contributed by atoms with van der Waals surface area (Å²) in [6.07, 6.45) is 2.65. The summed E-state index contributed by atoms with van der Waals surface area (Å²) in [7, 11) is 0. The number of carbonyl (C=O) groups is 1. The van der Waals surface area contributed by atoms with Gasteiger partial charge in [-0.05, 0) is 30.1 Å². The van der Waals surface area contributed by atoms with Gasteiger partial charge in [0.1, 0.15) is 0 Å². The Labute approximate surface area is 102 Å². The van der Waals surface area contributed by atoms with Crippen LogP contribution in [-0.4, -0.2) is 23.1 Å². The molecular weight excluding hydrogens is 276 g/mol. The van der Waals surface area contributed by atoms with Crippen LogP contribution in [0.2, 0.25) is 0 Å². The Hall–Kier alpha value is -0.480. The van der Waals surface area contributed by atoms with E-state index < -0.39 is 11.9 Å². The number of rotatable bonds is 5. The molecular formula is C11H13BrO2S. The fraction of sp³-hybridized carbons (Fsp3) is 0.364. The van der Waals surface area contributed by atoms with Crippen molar-refractivity contribution in [1.29, 1.82) is 0 Å². The molecule has 0 bridgehead atoms. The maximum absolute atomic E-state index is 11.1. The van der Waals surface area contributed by atoms with Crippen molar-refractivity contribution in [2.24, 2.45) is 0 Å². The Morgan fingerprint density at radius 2 is 2.20 bits per heavy atom. The lowest BCUT2D eigenvalue weighted by atomic mass is 9.97. The predicted octanol–water partition coefficient (Wildman–Crippen LogP) is 3.37. The number of aliphatic carboxylic acids is 1. The lowest BCUT2D eigenvalue weighted by Gasteiger charge is -2.13. The van der Waals surface area contributed by atoms with Crippen molar-refractivity contribution in [2.75, 3.05) is 12.0 Å². The van der Waals surface area contributed by atoms with Crippen LogP contribution >= 0.6 is 27.7 Å². The van der Waals surface area contributed by atoms with E-state index in [9.17, 15) is 4.79 Å². The number of hydrogen-bond acceptors (Lipinski definition) is 2. The van der Waals surface area contributed by atoms with Gasteiger partial charge in [-0.1, -0.05) is 34.1 Å². The molecule has 1 aromatic rings. The topological polar surface area (TPSA) is 37.3 Å². The molecule has 4 heteroatoms. The van der Waals surface area contributed by atoms with Gasteiger partial charge in [0.05, 0.1) is 5.92 Å². The standard InChI is InChI=1S/C11H13BrO2S/c1-15-7-6-9(11(13)14)8-4-2-3-5-10(8)12/h2-5,9H,6-7H2,1H3,(H,13,14). The molecule has 0 saturated heterocycles. The van der Waals surface area contributed by atoms with E-state index in [1.165, 1.54) is 0 Å². The highest BCUT2D eigenvalue weighted by Gasteiger charge is 2.20. The summed E-state index contributed by atoms with van der Waals surface area (Å²) in [5, 5.41) is 9.15. The highest BCUT2D eigenvalue weighted by Crippen LogP contribution is 2.28. The van der Waals surface area contributed by atoms with Crippen molar-refractivity contribution in [3.8, 4) is 0 Å². The zero-order chi connectivity index (χ0) is 11.3. The van der Waals surface area contributed by atoms with Crippen LogP contribution in [0.1, 0.15) is 17.9 Å². The smallest absolute Gasteiger partial charge is 0.311 e. The number of benzene rings is 1. The third kappa shape index (κ3) is 3.54. The molecule has 1 unspecified atom stereocenters. The average molecular weight is 289 g/mol. The summed E-state index contributed by atoms with van der Waals surface area (Å²) in [6.45, 7) is 0. The van der Waals surface area contributed by atoms with Gasteiger partial charge in [-0.25, -0.2) is 0 Å². The van der Waals surface area contributed by atoms with Crippen molar-refractivity contribution < 1.29 is 9.90 Å². The van der Waals surface area contributed by atoms with Crippen LogP contribution in [0, 0.1) is 0 Å². The molecule has 0 aliphatic heterocycles. The summed E-state index contributed by atoms with van der Waals surface area (Å²) in [5.74, 6) is -0.304. The Bertz CT molecular complexity index is 341. The van der Waals surface area contributed by atoms with Crippen LogP contribution in [0.5, 0.6) is 0 Å². The van der Waals surface area contributed by atoms with Crippen molar-refractivity contribution in [3.63, 3.8) is 0 Å². The lowest BCUT2D eigenvalue weighted by molar-refractivity contribution is -0.138. The highest BCUT2D eigenvalue weighted by atomic mass is 79.9. The summed E-state index contributed by atoms with van der Waals surface area (Å²) in [4.78, 5) is 11.1. The third-order valence-electron chi connectivity index (χ3n) is 2.19. The first-order chi connectivity index (χ1) is 7.16. The van der Waals surface area contributed by atoms with Crippen LogP contribution < -0.4 is 0 Å². The molecule has 2 nitrogen and oxygen atoms in total. The highest BCUT2D eigenvalue weighted by molar-refractivity contribution is 9.10. The molecule has 0 aromatic heterocycles. The second-order valence-electron chi connectivity index (χ2n) is 3.19. The number of hydrogen-bond donors (Lipinski definition) is 1. The van der Waals surface area contributed by atoms with Gasteiger partial charge in [0.2, 0.25) is 0 Å². The Morgan fingerprint density at radius 3 is 2.73 bits per heavy atom. The van der Waals surface area contributed by atoms with Crippen LogP contribution in [0.3, 0.4) is 0 Å². The van der Waals surface area contributed by atoms with Crippen LogP contribution in [-0.2, 0) is 4.79 Å². The second-order valence-corrected chi connectivity index (χ2v) is 5.03. The van der Waals surface area contributed by atoms with Gasteiger partial charge in [-0.2, -0.15) is 11.8 Å². The summed E-state index contributed by atoms with van der Waals surface area (Å²) >= 11 is 5.06. The molecule has 0 spiro atoms. The van der Waals surface area contributed by atoms with E-state index in [1.807, 2.05) is 30.5 Å². The van der Waals surface area contributed by atoms with E-state index in [4.69, 9.17) is 5.11 Å². The molecule has 0 fully saturated rings. The van der Waals surface area contributed by atoms with Crippen molar-refractivity contribution >= 4 is 33.7 Å². The van der Waals surface area contributed by atoms with E-state index in [1.54, 1.807) is 11.8 Å². The van der Waals surface area contributed by atoms with Gasteiger partial charge in [0, 0.05) is 4.47 Å². The van der Waals surface area contributed by atoms with Gasteiger partial charge in [-0.15, -0.1) is 0 Å². The molecule has 1 N–H and O–H groups in total. The average Bonchev–Trinajstić information content (AvgIpc) is 2.20. The van der Waals surface area contributed by atoms with Crippen molar-refractivity contribution in [2.45, 2.75) is 12.3 Å². The Morgan fingerprint density at radius 1 is 1.53 bits per heavy atom. The normalized spacial score (nSPS) is 12.4. The minimum Gasteiger partial charge on any atom is -0.481 e. The van der Waals surface area contributed by atoms with E-state index in [2.05, 4.69) is 15.9 Å². The second kappa shape index (κ2) is 6.18. The van der Waals surface area contributed by atoms with Crippen LogP contribution in [0.15, 0.2) is 28.7 Å². The molecule has 0 aliphatic carbocycles. The molecule has 1 aromatic carbocycles. The summed E-state index contributed by atoms with van der Waals surface area (Å²) < 4.78 is 0.874. The fourth-order valence-electron chi connectivity index (χ4n) is 1.41. The maximum atomic E-state index is 11.1. The first-order valence-electron chi connectivity index (χ1n) is 4.63. The van der Waals surface area contributed by atoms with Crippen molar-refractivity contribution in [3.05, 3.63) is 34.3 Å². The van der Waals surface area contributed by atoms with Crippen LogP contribution in [0.25, 0.3) is 0 Å². The minimum absolute atomic E-state index is 0.409. The molecule has 1 rings (SSSR count). The molecule has 0 radical (unpaired) electrons. The van der Waals surface area contributed by atoms with E-state index in [-0.39, 0.29) is 0 Å². The quantitative estimate of drug-likeness (QED) is 0.903. The van der Waals surface area contributed by atoms with Gasteiger partial charge in [0.25, 0.3) is 0 Å². The molecule has 15 heavy (non-hydrogen) atoms. The van der Waals surface area contributed by atoms with Gasteiger partial charge in [0.15, 0.2) is 0 Å². The molecule has 0 amide bonds. The van der Waals surface area contributed by atoms with E-state index in [0.717, 1.165) is 15.8 Å². The molecule has 0 saturated carbocycles. The number of halogens is 1. The van der Waals surface area contributed by atoms with Gasteiger partial charge in [-0.3, -0.25) is 4.79 Å². The fourth-order valence-corrected chi connectivity index (χ4v) is 2.44. The van der Waals surface area contributed by atoms with Crippen LogP contribution in [0.4, 0.5) is 0 Å². The largest absolute Gasteiger partial charge is 0.481 e. The number of carboxylic acids is 1. The first-order valence-corrected chi connectivity index (χ1v) is 6.81. The van der Waals surface area contributed by atoms with E-state index in [0.29, 0.717) is 6.42 Å². The zero-order valence-corrected chi connectivity index (χ0v) is 10.8. The Kier molecular flexibility index (Phi) is 5.19. The Balaban J connectivity index is 2.89. The molecule has 0 heterocycles. The van der Waals surface area contributed by atoms with Gasteiger partial charge >= 0.3 is 5.97 Å². The molecule has 1 atom stereocenters. The monoisotopic (exact) mass is 288 g/mol. The first kappa shape index (κ1) is 12.6. The molecule has 82 valence electrons. The maximum Gasteiger partial charge on any atom is 0.311 e. The number of carboxylic acid groups (broad SMARTS) is 1. The predicted molar refractivity (Wildman–Crippen MR) is 67.5 cm³/mol. The number of thioether (sulfide) groups is 1. The zero-order valence-electron chi connectivity index (χ0n) is 8.44. The molecule has 0 aliphatic rings. The SMILES string of the molecule is CSCCC(C(=O)O)c1ccccc1Br. The van der Waals surface area contributed by atoms with Crippen molar-refractivity contribution in [1.82, 2.24) is 0 Å². The minimum atomic E-state index is -0.754. The lowest BCUT2D eigenvalue weighted by Crippen LogP contribution is -2.13. The third-order valence-corrected chi connectivity index (χ3v) is 3.56.